The molecule has 1 fully saturated rings. The molecule has 2 atom stereocenters. The molecule has 1 saturated carbocycles. The zero-order valence-corrected chi connectivity index (χ0v) is 21.7. The number of nitrogens with one attached hydrogen (secondary N) is 1. The van der Waals surface area contributed by atoms with Gasteiger partial charge in [0.2, 0.25) is 5.95 Å². The third-order valence-corrected chi connectivity index (χ3v) is 7.12. The Bertz CT molecular complexity index is 1610. The Labute approximate surface area is 214 Å². The fraction of sp³-hybridized carbons (Fsp3) is 0.423. The number of rotatable bonds is 5. The first-order chi connectivity index (χ1) is 17.7. The van der Waals surface area contributed by atoms with Crippen molar-refractivity contribution < 1.29 is 9.84 Å². The highest BCUT2D eigenvalue weighted by Crippen LogP contribution is 2.37. The molecule has 11 heteroatoms. The van der Waals surface area contributed by atoms with E-state index in [4.69, 9.17) is 14.8 Å². The van der Waals surface area contributed by atoms with Gasteiger partial charge in [0.15, 0.2) is 23.0 Å². The monoisotopic (exact) mass is 501 g/mol. The van der Waals surface area contributed by atoms with Gasteiger partial charge >= 0.3 is 0 Å². The fourth-order valence-electron chi connectivity index (χ4n) is 5.14. The van der Waals surface area contributed by atoms with Gasteiger partial charge in [0.25, 0.3) is 0 Å². The summed E-state index contributed by atoms with van der Waals surface area (Å²) in [6, 6.07) is 2.04. The van der Waals surface area contributed by atoms with Crippen molar-refractivity contribution in [3.8, 4) is 11.5 Å². The second-order valence-electron chi connectivity index (χ2n) is 10.7. The van der Waals surface area contributed by atoms with Gasteiger partial charge in [-0.05, 0) is 26.2 Å². The molecular formula is C26H31N9O2. The lowest BCUT2D eigenvalue weighted by molar-refractivity contribution is 0.127. The molecule has 1 aliphatic carbocycles. The number of fused-ring (bicyclic) bond motifs is 2. The molecular weight excluding hydrogens is 470 g/mol. The molecule has 2 N–H and O–H groups in total. The Hall–Kier alpha value is -3.99. The summed E-state index contributed by atoms with van der Waals surface area (Å²) in [7, 11) is 1.94. The van der Waals surface area contributed by atoms with Gasteiger partial charge in [-0.25, -0.2) is 9.50 Å². The summed E-state index contributed by atoms with van der Waals surface area (Å²) < 4.78 is 11.9. The van der Waals surface area contributed by atoms with Crippen molar-refractivity contribution in [3.05, 3.63) is 48.3 Å². The fourth-order valence-corrected chi connectivity index (χ4v) is 5.14. The lowest BCUT2D eigenvalue weighted by Gasteiger charge is -2.25. The molecule has 0 radical (unpaired) electrons. The van der Waals surface area contributed by atoms with Crippen molar-refractivity contribution in [2.75, 3.05) is 5.32 Å². The maximum atomic E-state index is 10.6. The van der Waals surface area contributed by atoms with Crippen LogP contribution in [-0.4, -0.2) is 50.1 Å². The Kier molecular flexibility index (Phi) is 5.41. The summed E-state index contributed by atoms with van der Waals surface area (Å²) in [6.07, 6.45) is 10.9. The average molecular weight is 502 g/mol. The molecule has 1 aliphatic rings. The average Bonchev–Trinajstić information content (AvgIpc) is 3.63. The maximum absolute atomic E-state index is 10.6. The number of nitrogens with zero attached hydrogens (tertiary/aromatic N) is 8. The van der Waals surface area contributed by atoms with E-state index >= 15 is 0 Å². The molecule has 0 unspecified atom stereocenters. The second-order valence-corrected chi connectivity index (χ2v) is 10.7. The minimum atomic E-state index is -0.376. The lowest BCUT2D eigenvalue weighted by Crippen LogP contribution is -2.26. The molecule has 5 heterocycles. The van der Waals surface area contributed by atoms with Crippen LogP contribution >= 0.6 is 0 Å². The zero-order chi connectivity index (χ0) is 25.9. The lowest BCUT2D eigenvalue weighted by atomic mass is 9.91. The van der Waals surface area contributed by atoms with E-state index in [-0.39, 0.29) is 17.6 Å². The Balaban J connectivity index is 1.34. The first-order valence-electron chi connectivity index (χ1n) is 12.5. The van der Waals surface area contributed by atoms with Crippen molar-refractivity contribution in [2.45, 2.75) is 64.5 Å². The van der Waals surface area contributed by atoms with Crippen LogP contribution in [0.1, 0.15) is 57.3 Å². The summed E-state index contributed by atoms with van der Waals surface area (Å²) in [5.41, 5.74) is 4.10. The number of hydrogen-bond donors (Lipinski definition) is 2. The summed E-state index contributed by atoms with van der Waals surface area (Å²) in [4.78, 5) is 13.5. The standard InChI is InChI=1S/C26H31N9O2/c1-15-19(37-20-14-29-34-10-9-27-12-17(20)34)13-28-24-23(15)33(5)25(31-24)30-22-11-21(26(2,3)4)35(32-22)16-7-6-8-18(16)36/h9-14,16,18,36H,6-8H2,1-5H3,(H,28,30,31,32)/t16-,18+/m0/s1. The molecule has 0 aliphatic heterocycles. The molecule has 37 heavy (non-hydrogen) atoms. The largest absolute Gasteiger partial charge is 0.451 e. The van der Waals surface area contributed by atoms with Crippen LogP contribution in [0.25, 0.3) is 16.7 Å². The number of aliphatic hydroxyl groups excluding tert-OH is 1. The molecule has 0 amide bonds. The third-order valence-electron chi connectivity index (χ3n) is 7.12. The number of anilines is 2. The minimum absolute atomic E-state index is 0.0102. The van der Waals surface area contributed by atoms with Crippen LogP contribution < -0.4 is 10.1 Å². The van der Waals surface area contributed by atoms with Gasteiger partial charge in [0, 0.05) is 42.2 Å². The van der Waals surface area contributed by atoms with Crippen molar-refractivity contribution in [1.82, 2.24) is 38.9 Å². The van der Waals surface area contributed by atoms with E-state index in [1.165, 1.54) is 0 Å². The number of aryl methyl sites for hydroxylation is 2. The highest BCUT2D eigenvalue weighted by atomic mass is 16.5. The molecule has 5 aromatic rings. The Morgan fingerprint density at radius 1 is 1.14 bits per heavy atom. The van der Waals surface area contributed by atoms with Crippen LogP contribution in [0, 0.1) is 6.92 Å². The quantitative estimate of drug-likeness (QED) is 0.363. The van der Waals surface area contributed by atoms with Crippen molar-refractivity contribution in [2.24, 2.45) is 7.05 Å². The van der Waals surface area contributed by atoms with Crippen LogP contribution in [0.15, 0.2) is 37.1 Å². The van der Waals surface area contributed by atoms with Gasteiger partial charge in [-0.3, -0.25) is 9.67 Å². The highest BCUT2D eigenvalue weighted by Gasteiger charge is 2.32. The van der Waals surface area contributed by atoms with E-state index in [1.54, 1.807) is 35.5 Å². The smallest absolute Gasteiger partial charge is 0.210 e. The Morgan fingerprint density at radius 2 is 1.97 bits per heavy atom. The molecule has 0 aromatic carbocycles. The highest BCUT2D eigenvalue weighted by molar-refractivity contribution is 5.81. The van der Waals surface area contributed by atoms with Gasteiger partial charge < -0.3 is 19.7 Å². The first kappa shape index (κ1) is 23.4. The summed E-state index contributed by atoms with van der Waals surface area (Å²) in [5, 5.41) is 23.1. The zero-order valence-electron chi connectivity index (χ0n) is 21.7. The first-order valence-corrected chi connectivity index (χ1v) is 12.5. The Morgan fingerprint density at radius 3 is 2.73 bits per heavy atom. The second kappa shape index (κ2) is 8.55. The maximum Gasteiger partial charge on any atom is 0.210 e. The molecule has 11 nitrogen and oxygen atoms in total. The summed E-state index contributed by atoms with van der Waals surface area (Å²) in [6.45, 7) is 8.48. The summed E-state index contributed by atoms with van der Waals surface area (Å²) >= 11 is 0. The summed E-state index contributed by atoms with van der Waals surface area (Å²) in [5.74, 6) is 2.54. The van der Waals surface area contributed by atoms with E-state index in [0.29, 0.717) is 28.9 Å². The number of aromatic nitrogens is 8. The number of imidazole rings is 1. The third kappa shape index (κ3) is 3.99. The van der Waals surface area contributed by atoms with Gasteiger partial charge in [-0.2, -0.15) is 15.2 Å². The SMILES string of the molecule is Cc1c(Oc2cnn3ccncc23)cnc2nc(Nc3cc(C(C)(C)C)n([C@H]4CCC[C@H]4O)n3)n(C)c12. The molecule has 6 rings (SSSR count). The minimum Gasteiger partial charge on any atom is -0.451 e. The topological polar surface area (TPSA) is 120 Å². The van der Waals surface area contributed by atoms with Crippen LogP contribution in [0.2, 0.25) is 0 Å². The number of aliphatic hydroxyl groups is 1. The van der Waals surface area contributed by atoms with Gasteiger partial charge in [0.05, 0.1) is 36.3 Å². The predicted octanol–water partition coefficient (Wildman–Crippen LogP) is 4.44. The number of hydrogen-bond acceptors (Lipinski definition) is 8. The van der Waals surface area contributed by atoms with Crippen molar-refractivity contribution >= 4 is 28.4 Å². The van der Waals surface area contributed by atoms with Crippen LogP contribution in [-0.2, 0) is 12.5 Å². The molecule has 5 aromatic heterocycles. The van der Waals surface area contributed by atoms with Crippen molar-refractivity contribution in [3.63, 3.8) is 0 Å². The molecule has 0 saturated heterocycles. The van der Waals surface area contributed by atoms with E-state index < -0.39 is 0 Å². The van der Waals surface area contributed by atoms with Gasteiger partial charge in [-0.1, -0.05) is 20.8 Å². The van der Waals surface area contributed by atoms with Gasteiger partial charge in [-0.15, -0.1) is 0 Å². The van der Waals surface area contributed by atoms with E-state index in [9.17, 15) is 5.11 Å². The van der Waals surface area contributed by atoms with Crippen LogP contribution in [0.3, 0.4) is 0 Å². The number of ether oxygens (including phenoxy) is 1. The number of pyridine rings is 1. The van der Waals surface area contributed by atoms with Crippen LogP contribution in [0.4, 0.5) is 11.8 Å². The molecule has 0 spiro atoms. The van der Waals surface area contributed by atoms with Gasteiger partial charge in [0.1, 0.15) is 5.52 Å². The molecule has 192 valence electrons. The van der Waals surface area contributed by atoms with Crippen LogP contribution in [0.5, 0.6) is 11.5 Å². The molecule has 0 bridgehead atoms. The van der Waals surface area contributed by atoms with Crippen molar-refractivity contribution in [1.29, 1.82) is 0 Å². The van der Waals surface area contributed by atoms with E-state index in [2.05, 4.69) is 47.2 Å². The predicted molar refractivity (Wildman–Crippen MR) is 139 cm³/mol. The normalized spacial score (nSPS) is 18.2. The van der Waals surface area contributed by atoms with E-state index in [1.807, 2.05) is 23.2 Å². The van der Waals surface area contributed by atoms with E-state index in [0.717, 1.165) is 41.6 Å².